The number of hydrogen-bond acceptors (Lipinski definition) is 18. The molecule has 6 N–H and O–H groups in total. The van der Waals surface area contributed by atoms with Gasteiger partial charge in [-0.3, -0.25) is 27.2 Å². The molecule has 24 heteroatoms. The maximum absolute atomic E-state index is 13.4. The lowest BCUT2D eigenvalue weighted by atomic mass is 10.1. The number of nitrogen functional groups attached to an aromatic ring is 2. The summed E-state index contributed by atoms with van der Waals surface area (Å²) < 4.78 is 63.9. The van der Waals surface area contributed by atoms with Gasteiger partial charge in [-0.15, -0.1) is 0 Å². The van der Waals surface area contributed by atoms with Crippen molar-refractivity contribution in [2.75, 3.05) is 24.7 Å². The van der Waals surface area contributed by atoms with Crippen LogP contribution in [-0.2, 0) is 36.7 Å². The summed E-state index contributed by atoms with van der Waals surface area (Å²) in [6.07, 6.45) is -5.50. The van der Waals surface area contributed by atoms with E-state index in [0.29, 0.717) is 0 Å². The SMILES string of the molecule is Nc1ncnc2c1ncn2[C@H]1O[C@H]2CO[P@](=O)(S)O[C@@H]3[C@H](O)[C@@H](n4cnc5c(N)ncnc54)O[C@H]3CO[P@](=O)(S)O[C@@H]2[C@@H]1O. The number of aromatic nitrogens is 8. The summed E-state index contributed by atoms with van der Waals surface area (Å²) >= 11 is 8.16. The Bertz CT molecular complexity index is 1700. The molecular weight excluding hydrogens is 666 g/mol. The topological polar surface area (TPSA) is 269 Å². The van der Waals surface area contributed by atoms with E-state index in [1.165, 1.54) is 34.4 Å². The lowest BCUT2D eigenvalue weighted by Gasteiger charge is -2.28. The lowest BCUT2D eigenvalue weighted by molar-refractivity contribution is -0.0561. The lowest BCUT2D eigenvalue weighted by Crippen LogP contribution is -2.38. The Kier molecular flexibility index (Phi) is 7.63. The number of nitrogens with two attached hydrogens (primary N) is 2. The van der Waals surface area contributed by atoms with Gasteiger partial charge in [0.15, 0.2) is 35.4 Å². The minimum absolute atomic E-state index is 0.101. The molecule has 10 atom stereocenters. The highest BCUT2D eigenvalue weighted by atomic mass is 32.7. The molecule has 3 aliphatic heterocycles. The predicted octanol–water partition coefficient (Wildman–Crippen LogP) is 0.240. The van der Waals surface area contributed by atoms with Crippen LogP contribution in [0.3, 0.4) is 0 Å². The molecule has 7 rings (SSSR count). The van der Waals surface area contributed by atoms with Crippen molar-refractivity contribution >= 4 is 72.1 Å². The van der Waals surface area contributed by atoms with E-state index in [1.54, 1.807) is 0 Å². The van der Waals surface area contributed by atoms with Crippen molar-refractivity contribution in [1.82, 2.24) is 39.0 Å². The minimum atomic E-state index is -4.26. The molecule has 0 aliphatic carbocycles. The summed E-state index contributed by atoms with van der Waals surface area (Å²) in [6.45, 7) is -9.59. The van der Waals surface area contributed by atoms with Crippen molar-refractivity contribution in [2.24, 2.45) is 0 Å². The smallest absolute Gasteiger partial charge is 0.386 e. The van der Waals surface area contributed by atoms with Crippen molar-refractivity contribution in [3.05, 3.63) is 25.3 Å². The fraction of sp³-hybridized carbons (Fsp3) is 0.500. The average Bonchev–Trinajstić information content (AvgIpc) is 3.73. The van der Waals surface area contributed by atoms with Crippen LogP contribution >= 0.6 is 38.1 Å². The Balaban J connectivity index is 1.17. The van der Waals surface area contributed by atoms with Crippen molar-refractivity contribution in [2.45, 2.75) is 49.1 Å². The van der Waals surface area contributed by atoms with Crippen LogP contribution in [0.2, 0.25) is 0 Å². The molecule has 0 radical (unpaired) electrons. The van der Waals surface area contributed by atoms with Gasteiger partial charge in [0.1, 0.15) is 60.3 Å². The van der Waals surface area contributed by atoms with Gasteiger partial charge >= 0.3 is 13.6 Å². The number of rotatable bonds is 2. The third-order valence-corrected chi connectivity index (χ3v) is 10.5. The third kappa shape index (κ3) is 5.27. The van der Waals surface area contributed by atoms with Crippen LogP contribution in [0.4, 0.5) is 11.6 Å². The molecule has 20 nitrogen and oxygen atoms in total. The van der Waals surface area contributed by atoms with Crippen LogP contribution in [-0.4, -0.2) is 99.1 Å². The Labute approximate surface area is 256 Å². The van der Waals surface area contributed by atoms with E-state index >= 15 is 0 Å². The van der Waals surface area contributed by atoms with Gasteiger partial charge < -0.3 is 31.2 Å². The summed E-state index contributed by atoms with van der Waals surface area (Å²) in [4.78, 5) is 24.4. The van der Waals surface area contributed by atoms with E-state index in [2.05, 4.69) is 54.4 Å². The van der Waals surface area contributed by atoms with E-state index in [0.717, 1.165) is 0 Å². The fourth-order valence-corrected chi connectivity index (χ4v) is 8.23. The zero-order chi connectivity index (χ0) is 31.0. The molecule has 4 aromatic rings. The summed E-state index contributed by atoms with van der Waals surface area (Å²) in [5.74, 6) is 0.203. The number of thiol groups is 2. The number of aliphatic hydroxyl groups excluding tert-OH is 2. The first-order chi connectivity index (χ1) is 20.9. The van der Waals surface area contributed by atoms with Gasteiger partial charge in [-0.2, -0.15) is 0 Å². The van der Waals surface area contributed by atoms with Crippen LogP contribution < -0.4 is 11.5 Å². The summed E-state index contributed by atoms with van der Waals surface area (Å²) in [7, 11) is 0. The van der Waals surface area contributed by atoms with Gasteiger partial charge in [-0.25, -0.2) is 39.0 Å². The van der Waals surface area contributed by atoms with E-state index in [4.69, 9.17) is 39.0 Å². The van der Waals surface area contributed by atoms with Gasteiger partial charge in [0, 0.05) is 0 Å². The molecule has 0 amide bonds. The number of fused-ring (bicyclic) bond motifs is 4. The number of imidazole rings is 2. The van der Waals surface area contributed by atoms with Crippen LogP contribution in [0.15, 0.2) is 25.3 Å². The standard InChI is InChI=1S/C20H24N10O10P2S2/c21-15-9-17(25-3-23-15)29(5-27-9)19-11(31)13-7(37-19)1-35-41(33,43)40-14-8(2-36-42(34,44)39-13)38-20(12(14)32)30-6-28-10-16(22)24-4-26-18(10)30/h3-8,11-14,19-20,31-32H,1-2H2,(H,33,43)(H,34,44)(H2,21,23,25)(H2,22,24,26)/t7-,8-,11-,12-,13-,14-,19-,20-,41-,42-/m0/s1. The maximum Gasteiger partial charge on any atom is 0.386 e. The summed E-state index contributed by atoms with van der Waals surface area (Å²) in [5.41, 5.74) is 12.7. The van der Waals surface area contributed by atoms with E-state index in [1.807, 2.05) is 0 Å². The van der Waals surface area contributed by atoms with E-state index in [-0.39, 0.29) is 34.0 Å². The minimum Gasteiger partial charge on any atom is -0.386 e. The molecule has 0 bridgehead atoms. The normalized spacial score (nSPS) is 38.3. The molecule has 0 spiro atoms. The first kappa shape index (κ1) is 30.2. The number of aliphatic hydroxyl groups is 2. The maximum atomic E-state index is 13.4. The Morgan fingerprint density at radius 2 is 1.14 bits per heavy atom. The summed E-state index contributed by atoms with van der Waals surface area (Å²) in [5, 5.41) is 22.5. The second-order valence-electron chi connectivity index (χ2n) is 9.95. The third-order valence-electron chi connectivity index (χ3n) is 7.26. The van der Waals surface area contributed by atoms with Crippen LogP contribution in [0.5, 0.6) is 0 Å². The van der Waals surface area contributed by atoms with Gasteiger partial charge in [-0.05, 0) is 0 Å². The van der Waals surface area contributed by atoms with Crippen molar-refractivity contribution in [1.29, 1.82) is 0 Å². The van der Waals surface area contributed by atoms with Gasteiger partial charge in [-0.1, -0.05) is 24.5 Å². The zero-order valence-corrected chi connectivity index (χ0v) is 25.6. The average molecular weight is 691 g/mol. The molecule has 236 valence electrons. The second kappa shape index (κ2) is 11.1. The number of ether oxygens (including phenoxy) is 2. The molecule has 7 heterocycles. The second-order valence-corrected chi connectivity index (χ2v) is 15.7. The Morgan fingerprint density at radius 3 is 1.55 bits per heavy atom. The van der Waals surface area contributed by atoms with Crippen molar-refractivity contribution < 1.29 is 46.9 Å². The van der Waals surface area contributed by atoms with Crippen LogP contribution in [0.1, 0.15) is 12.5 Å². The highest BCUT2D eigenvalue weighted by molar-refractivity contribution is 8.44. The van der Waals surface area contributed by atoms with Crippen molar-refractivity contribution in [3.63, 3.8) is 0 Å². The first-order valence-electron chi connectivity index (χ1n) is 12.8. The number of nitrogens with zero attached hydrogens (tertiary/aromatic N) is 8. The highest BCUT2D eigenvalue weighted by Gasteiger charge is 2.53. The quantitative estimate of drug-likeness (QED) is 0.121. The Hall–Kier alpha value is -2.46. The molecular formula is C20H24N10O10P2S2. The summed E-state index contributed by atoms with van der Waals surface area (Å²) in [6, 6.07) is 0. The van der Waals surface area contributed by atoms with Crippen molar-refractivity contribution in [3.8, 4) is 0 Å². The monoisotopic (exact) mass is 690 g/mol. The highest BCUT2D eigenvalue weighted by Crippen LogP contribution is 2.60. The number of anilines is 2. The predicted molar refractivity (Wildman–Crippen MR) is 154 cm³/mol. The van der Waals surface area contributed by atoms with Crippen LogP contribution in [0.25, 0.3) is 22.3 Å². The zero-order valence-electron chi connectivity index (χ0n) is 22.0. The largest absolute Gasteiger partial charge is 0.386 e. The molecule has 44 heavy (non-hydrogen) atoms. The first-order valence-corrected chi connectivity index (χ1v) is 18.2. The van der Waals surface area contributed by atoms with Crippen LogP contribution in [0, 0.1) is 0 Å². The molecule has 3 aliphatic rings. The molecule has 3 fully saturated rings. The van der Waals surface area contributed by atoms with E-state index < -0.39 is 75.9 Å². The van der Waals surface area contributed by atoms with E-state index in [9.17, 15) is 19.3 Å². The molecule has 4 aromatic heterocycles. The molecule has 0 saturated carbocycles. The fourth-order valence-electron chi connectivity index (χ4n) is 5.24. The van der Waals surface area contributed by atoms with Gasteiger partial charge in [0.05, 0.1) is 25.9 Å². The Morgan fingerprint density at radius 1 is 0.727 bits per heavy atom. The molecule has 0 aromatic carbocycles. The van der Waals surface area contributed by atoms with Gasteiger partial charge in [0.2, 0.25) is 0 Å². The molecule has 0 unspecified atom stereocenters. The molecule has 3 saturated heterocycles. The van der Waals surface area contributed by atoms with Gasteiger partial charge in [0.25, 0.3) is 0 Å². The number of hydrogen-bond donors (Lipinski definition) is 6.